The van der Waals surface area contributed by atoms with E-state index >= 15 is 0 Å². The monoisotopic (exact) mass is 341 g/mol. The van der Waals surface area contributed by atoms with Crippen molar-refractivity contribution in [3.63, 3.8) is 0 Å². The Hall–Kier alpha value is -0.850. The zero-order valence-corrected chi connectivity index (χ0v) is 13.5. The van der Waals surface area contributed by atoms with Crippen LogP contribution in [0.15, 0.2) is 16.7 Å². The first-order chi connectivity index (χ1) is 9.69. The molecule has 2 aliphatic rings. The molecule has 0 N–H and O–H groups in total. The molecular weight excluding hydrogens is 322 g/mol. The number of nitrogens with zero attached hydrogens (tertiary/aromatic N) is 3. The van der Waals surface area contributed by atoms with Crippen molar-refractivity contribution < 1.29 is 9.47 Å². The lowest BCUT2D eigenvalue weighted by Gasteiger charge is -2.47. The minimum absolute atomic E-state index is 0.519. The molecule has 6 heteroatoms. The molecule has 1 aromatic rings. The Morgan fingerprint density at radius 3 is 2.75 bits per heavy atom. The zero-order chi connectivity index (χ0) is 14.1. The lowest BCUT2D eigenvalue weighted by molar-refractivity contribution is -0.0793. The summed E-state index contributed by atoms with van der Waals surface area (Å²) in [5, 5.41) is 0. The molecule has 0 radical (unpaired) electrons. The summed E-state index contributed by atoms with van der Waals surface area (Å²) in [7, 11) is 1.67. The number of aromatic nitrogens is 1. The molecule has 0 bridgehead atoms. The number of ether oxygens (including phenoxy) is 2. The van der Waals surface area contributed by atoms with E-state index in [1.807, 2.05) is 6.07 Å². The minimum Gasteiger partial charge on any atom is -0.479 e. The Balaban J connectivity index is 1.73. The van der Waals surface area contributed by atoms with Crippen LogP contribution in [0.4, 0.5) is 5.69 Å². The van der Waals surface area contributed by atoms with Gasteiger partial charge in [0.1, 0.15) is 10.3 Å². The van der Waals surface area contributed by atoms with Crippen LogP contribution in [0, 0.1) is 0 Å². The summed E-state index contributed by atoms with van der Waals surface area (Å²) in [6.07, 6.45) is 0. The summed E-state index contributed by atoms with van der Waals surface area (Å²) in [4.78, 5) is 9.31. The molecule has 0 aromatic carbocycles. The zero-order valence-electron chi connectivity index (χ0n) is 11.9. The lowest BCUT2D eigenvalue weighted by Crippen LogP contribution is -2.60. The fourth-order valence-corrected chi connectivity index (χ4v) is 3.24. The third-order valence-electron chi connectivity index (χ3n) is 4.11. The van der Waals surface area contributed by atoms with Crippen LogP contribution in [0.3, 0.4) is 0 Å². The van der Waals surface area contributed by atoms with Crippen molar-refractivity contribution in [3.8, 4) is 5.88 Å². The molecule has 1 atom stereocenters. The van der Waals surface area contributed by atoms with E-state index in [1.165, 1.54) is 0 Å². The van der Waals surface area contributed by atoms with Crippen LogP contribution in [0.2, 0.25) is 0 Å². The highest BCUT2D eigenvalue weighted by molar-refractivity contribution is 9.10. The maximum Gasteiger partial charge on any atom is 0.238 e. The van der Waals surface area contributed by atoms with E-state index in [0.29, 0.717) is 18.0 Å². The first-order valence-corrected chi connectivity index (χ1v) is 7.77. The summed E-state index contributed by atoms with van der Waals surface area (Å²) in [6.45, 7) is 7.11. The molecule has 0 aliphatic carbocycles. The topological polar surface area (TPSA) is 37.8 Å². The van der Waals surface area contributed by atoms with Gasteiger partial charge in [0.15, 0.2) is 0 Å². The minimum atomic E-state index is 0.519. The van der Waals surface area contributed by atoms with Crippen LogP contribution in [0.1, 0.15) is 6.92 Å². The van der Waals surface area contributed by atoms with Gasteiger partial charge in [-0.05, 0) is 35.0 Å². The van der Waals surface area contributed by atoms with E-state index in [-0.39, 0.29) is 0 Å². The summed E-state index contributed by atoms with van der Waals surface area (Å²) < 4.78 is 11.5. The van der Waals surface area contributed by atoms with Crippen LogP contribution in [-0.4, -0.2) is 61.9 Å². The van der Waals surface area contributed by atoms with E-state index in [4.69, 9.17) is 9.47 Å². The quantitative estimate of drug-likeness (QED) is 0.783. The fourth-order valence-electron chi connectivity index (χ4n) is 2.95. The molecular formula is C14H20BrN3O2. The average Bonchev–Trinajstić information content (AvgIpc) is 2.39. The van der Waals surface area contributed by atoms with Gasteiger partial charge in [-0.25, -0.2) is 4.98 Å². The molecule has 0 spiro atoms. The summed E-state index contributed by atoms with van der Waals surface area (Å²) in [5.74, 6) is 0.687. The second kappa shape index (κ2) is 5.87. The largest absolute Gasteiger partial charge is 0.479 e. The number of halogens is 1. The lowest BCUT2D eigenvalue weighted by atomic mass is 10.1. The highest BCUT2D eigenvalue weighted by Crippen LogP contribution is 2.30. The second-order valence-corrected chi connectivity index (χ2v) is 6.20. The molecule has 2 fully saturated rings. The Morgan fingerprint density at radius 1 is 1.35 bits per heavy atom. The van der Waals surface area contributed by atoms with Crippen LogP contribution in [0.5, 0.6) is 5.88 Å². The normalized spacial score (nSPS) is 24.6. The molecule has 2 aliphatic heterocycles. The van der Waals surface area contributed by atoms with Gasteiger partial charge in [0.2, 0.25) is 5.88 Å². The molecule has 1 unspecified atom stereocenters. The molecule has 1 aromatic heterocycles. The second-order valence-electron chi connectivity index (χ2n) is 5.39. The van der Waals surface area contributed by atoms with Crippen molar-refractivity contribution in [1.82, 2.24) is 9.88 Å². The number of rotatable bonds is 3. The number of anilines is 1. The summed E-state index contributed by atoms with van der Waals surface area (Å²) >= 11 is 3.39. The Bertz CT molecular complexity index is 481. The van der Waals surface area contributed by atoms with E-state index < -0.39 is 0 Å². The van der Waals surface area contributed by atoms with Crippen LogP contribution < -0.4 is 9.64 Å². The third-order valence-corrected chi connectivity index (χ3v) is 4.55. The van der Waals surface area contributed by atoms with Crippen molar-refractivity contribution in [2.75, 3.05) is 44.9 Å². The maximum absolute atomic E-state index is 5.40. The Labute approximate surface area is 128 Å². The standard InChI is InChI=1S/C14H20BrN3O2/c1-10-7-17(5-6-18(10)11-8-20-9-11)12-3-4-13(15)16-14(12)19-2/h3-4,10-11H,5-9H2,1-2H3. The summed E-state index contributed by atoms with van der Waals surface area (Å²) in [5.41, 5.74) is 1.08. The van der Waals surface area contributed by atoms with E-state index in [2.05, 4.69) is 43.7 Å². The first-order valence-electron chi connectivity index (χ1n) is 6.98. The molecule has 0 saturated carbocycles. The van der Waals surface area contributed by atoms with E-state index in [0.717, 1.165) is 43.1 Å². The predicted molar refractivity (Wildman–Crippen MR) is 81.5 cm³/mol. The van der Waals surface area contributed by atoms with Crippen molar-refractivity contribution >= 4 is 21.6 Å². The van der Waals surface area contributed by atoms with Gasteiger partial charge in [-0.3, -0.25) is 4.90 Å². The molecule has 3 heterocycles. The van der Waals surface area contributed by atoms with Crippen LogP contribution in [-0.2, 0) is 4.74 Å². The van der Waals surface area contributed by atoms with Gasteiger partial charge >= 0.3 is 0 Å². The van der Waals surface area contributed by atoms with E-state index in [1.54, 1.807) is 7.11 Å². The van der Waals surface area contributed by atoms with Crippen LogP contribution >= 0.6 is 15.9 Å². The van der Waals surface area contributed by atoms with Gasteiger partial charge in [0.25, 0.3) is 0 Å². The number of methoxy groups -OCH3 is 1. The third kappa shape index (κ3) is 2.64. The maximum atomic E-state index is 5.40. The van der Waals surface area contributed by atoms with Gasteiger partial charge in [-0.1, -0.05) is 0 Å². The highest BCUT2D eigenvalue weighted by Gasteiger charge is 2.34. The number of piperazine rings is 1. The molecule has 2 saturated heterocycles. The number of hydrogen-bond acceptors (Lipinski definition) is 5. The summed E-state index contributed by atoms with van der Waals surface area (Å²) in [6, 6.07) is 5.17. The van der Waals surface area contributed by atoms with Gasteiger partial charge in [0, 0.05) is 25.7 Å². The highest BCUT2D eigenvalue weighted by atomic mass is 79.9. The first kappa shape index (κ1) is 14.1. The number of pyridine rings is 1. The van der Waals surface area contributed by atoms with Crippen molar-refractivity contribution in [2.24, 2.45) is 0 Å². The van der Waals surface area contributed by atoms with Gasteiger partial charge < -0.3 is 14.4 Å². The average molecular weight is 342 g/mol. The fraction of sp³-hybridized carbons (Fsp3) is 0.643. The molecule has 5 nitrogen and oxygen atoms in total. The molecule has 20 heavy (non-hydrogen) atoms. The smallest absolute Gasteiger partial charge is 0.238 e. The van der Waals surface area contributed by atoms with Crippen LogP contribution in [0.25, 0.3) is 0 Å². The predicted octanol–water partition coefficient (Wildman–Crippen LogP) is 1.76. The molecule has 0 amide bonds. The van der Waals surface area contributed by atoms with Gasteiger partial charge in [-0.2, -0.15) is 0 Å². The van der Waals surface area contributed by atoms with E-state index in [9.17, 15) is 0 Å². The van der Waals surface area contributed by atoms with Crippen molar-refractivity contribution in [2.45, 2.75) is 19.0 Å². The van der Waals surface area contributed by atoms with Crippen molar-refractivity contribution in [3.05, 3.63) is 16.7 Å². The number of hydrogen-bond donors (Lipinski definition) is 0. The SMILES string of the molecule is COc1nc(Br)ccc1N1CCN(C2COC2)C(C)C1. The molecule has 110 valence electrons. The Morgan fingerprint density at radius 2 is 2.15 bits per heavy atom. The van der Waals surface area contributed by atoms with Gasteiger partial charge in [0.05, 0.1) is 26.4 Å². The Kier molecular flexibility index (Phi) is 4.14. The van der Waals surface area contributed by atoms with Crippen molar-refractivity contribution in [1.29, 1.82) is 0 Å². The molecule has 3 rings (SSSR count). The van der Waals surface area contributed by atoms with Gasteiger partial charge in [-0.15, -0.1) is 0 Å².